The second-order valence-electron chi connectivity index (χ2n) is 7.29. The molecule has 2 fully saturated rings. The molecule has 0 radical (unpaired) electrons. The first-order chi connectivity index (χ1) is 9.15. The first-order valence-corrected chi connectivity index (χ1v) is 8.60. The predicted octanol–water partition coefficient (Wildman–Crippen LogP) is 2.01. The lowest BCUT2D eigenvalue weighted by molar-refractivity contribution is 0.0605. The number of aryl methyl sites for hydroxylation is 1. The number of piperidine rings is 1. The van der Waals surface area contributed by atoms with Crippen molar-refractivity contribution in [2.75, 3.05) is 6.54 Å². The SMILES string of the molecule is Cn1cnc(S(=O)(=O)N2C[C@]3(C)CC[C@@H](C3)C2(C)C)c1. The van der Waals surface area contributed by atoms with Gasteiger partial charge in [0.25, 0.3) is 10.0 Å². The molecule has 20 heavy (non-hydrogen) atoms. The minimum absolute atomic E-state index is 0.127. The Morgan fingerprint density at radius 2 is 2.05 bits per heavy atom. The lowest BCUT2D eigenvalue weighted by atomic mass is 9.77. The van der Waals surface area contributed by atoms with E-state index in [1.165, 1.54) is 0 Å². The molecular weight excluding hydrogens is 274 g/mol. The fourth-order valence-corrected chi connectivity index (χ4v) is 5.81. The van der Waals surface area contributed by atoms with Gasteiger partial charge in [0.2, 0.25) is 0 Å². The number of rotatable bonds is 2. The molecule has 6 heteroatoms. The highest BCUT2D eigenvalue weighted by Crippen LogP contribution is 2.54. The molecule has 0 amide bonds. The Hall–Kier alpha value is -0.880. The van der Waals surface area contributed by atoms with Crippen molar-refractivity contribution in [1.82, 2.24) is 13.9 Å². The van der Waals surface area contributed by atoms with Crippen LogP contribution >= 0.6 is 0 Å². The summed E-state index contributed by atoms with van der Waals surface area (Å²) >= 11 is 0. The second kappa shape index (κ2) is 4.07. The average Bonchev–Trinajstić information content (AvgIpc) is 2.91. The molecule has 0 aromatic carbocycles. The smallest absolute Gasteiger partial charge is 0.262 e. The maximum Gasteiger partial charge on any atom is 0.262 e. The van der Waals surface area contributed by atoms with Crippen LogP contribution in [0.25, 0.3) is 0 Å². The van der Waals surface area contributed by atoms with Crippen LogP contribution in [0.15, 0.2) is 17.6 Å². The Balaban J connectivity index is 2.04. The van der Waals surface area contributed by atoms with Gasteiger partial charge < -0.3 is 4.57 Å². The van der Waals surface area contributed by atoms with Gasteiger partial charge in [-0.05, 0) is 44.4 Å². The molecule has 1 aliphatic heterocycles. The number of fused-ring (bicyclic) bond motifs is 2. The molecule has 1 aromatic heterocycles. The van der Waals surface area contributed by atoms with E-state index >= 15 is 0 Å². The molecule has 3 rings (SSSR count). The van der Waals surface area contributed by atoms with Gasteiger partial charge in [-0.1, -0.05) is 6.92 Å². The van der Waals surface area contributed by atoms with Gasteiger partial charge in [-0.2, -0.15) is 4.31 Å². The van der Waals surface area contributed by atoms with Crippen LogP contribution in [0.3, 0.4) is 0 Å². The predicted molar refractivity (Wildman–Crippen MR) is 76.6 cm³/mol. The lowest BCUT2D eigenvalue weighted by Crippen LogP contribution is -2.57. The summed E-state index contributed by atoms with van der Waals surface area (Å²) < 4.78 is 29.2. The van der Waals surface area contributed by atoms with Gasteiger partial charge in [0.15, 0.2) is 5.03 Å². The summed E-state index contributed by atoms with van der Waals surface area (Å²) in [7, 11) is -1.72. The fraction of sp³-hybridized carbons (Fsp3) is 0.786. The molecule has 2 bridgehead atoms. The highest BCUT2D eigenvalue weighted by atomic mass is 32.2. The van der Waals surface area contributed by atoms with Gasteiger partial charge in [-0.25, -0.2) is 13.4 Å². The monoisotopic (exact) mass is 297 g/mol. The Morgan fingerprint density at radius 3 is 2.65 bits per heavy atom. The van der Waals surface area contributed by atoms with Crippen molar-refractivity contribution in [3.05, 3.63) is 12.5 Å². The summed E-state index contributed by atoms with van der Waals surface area (Å²) in [6.45, 7) is 6.94. The van der Waals surface area contributed by atoms with Crippen LogP contribution in [0.4, 0.5) is 0 Å². The molecule has 2 atom stereocenters. The van der Waals surface area contributed by atoms with Crippen molar-refractivity contribution < 1.29 is 8.42 Å². The van der Waals surface area contributed by atoms with E-state index in [0.29, 0.717) is 12.5 Å². The van der Waals surface area contributed by atoms with E-state index in [2.05, 4.69) is 25.8 Å². The van der Waals surface area contributed by atoms with Crippen molar-refractivity contribution in [1.29, 1.82) is 0 Å². The minimum Gasteiger partial charge on any atom is -0.339 e. The van der Waals surface area contributed by atoms with Gasteiger partial charge in [0.05, 0.1) is 6.33 Å². The largest absolute Gasteiger partial charge is 0.339 e. The summed E-state index contributed by atoms with van der Waals surface area (Å²) in [5, 5.41) is 0.165. The maximum atomic E-state index is 12.9. The van der Waals surface area contributed by atoms with Gasteiger partial charge in [-0.3, -0.25) is 0 Å². The molecular formula is C14H23N3O2S. The van der Waals surface area contributed by atoms with Crippen molar-refractivity contribution in [2.45, 2.75) is 50.6 Å². The zero-order chi connectivity index (χ0) is 14.8. The number of sulfonamides is 1. The summed E-state index contributed by atoms with van der Waals surface area (Å²) in [6.07, 6.45) is 6.51. The number of hydrogen-bond acceptors (Lipinski definition) is 3. The van der Waals surface area contributed by atoms with E-state index in [1.54, 1.807) is 28.4 Å². The average molecular weight is 297 g/mol. The minimum atomic E-state index is -3.51. The summed E-state index contributed by atoms with van der Waals surface area (Å²) in [4.78, 5) is 4.05. The molecule has 1 saturated carbocycles. The van der Waals surface area contributed by atoms with Crippen molar-refractivity contribution in [3.63, 3.8) is 0 Å². The number of nitrogens with zero attached hydrogens (tertiary/aromatic N) is 3. The number of imidazole rings is 1. The van der Waals surface area contributed by atoms with Crippen molar-refractivity contribution >= 4 is 10.0 Å². The van der Waals surface area contributed by atoms with E-state index in [9.17, 15) is 8.42 Å². The molecule has 5 nitrogen and oxygen atoms in total. The molecule has 2 aliphatic rings. The molecule has 0 unspecified atom stereocenters. The topological polar surface area (TPSA) is 55.2 Å². The third-order valence-electron chi connectivity index (χ3n) is 5.24. The van der Waals surface area contributed by atoms with Crippen LogP contribution in [-0.2, 0) is 17.1 Å². The van der Waals surface area contributed by atoms with E-state index in [4.69, 9.17) is 0 Å². The lowest BCUT2D eigenvalue weighted by Gasteiger charge is -2.48. The van der Waals surface area contributed by atoms with Gasteiger partial charge in [0, 0.05) is 25.3 Å². The van der Waals surface area contributed by atoms with Gasteiger partial charge >= 0.3 is 0 Å². The van der Waals surface area contributed by atoms with Crippen LogP contribution in [0.5, 0.6) is 0 Å². The standard InChI is InChI=1S/C14H23N3O2S/c1-13(2)11-5-6-14(3,7-11)9-17(13)20(18,19)12-8-16(4)10-15-12/h8,10-11H,5-7,9H2,1-4H3/t11-,14+/m0/s1. The maximum absolute atomic E-state index is 12.9. The zero-order valence-electron chi connectivity index (χ0n) is 12.6. The highest BCUT2D eigenvalue weighted by Gasteiger charge is 2.55. The molecule has 2 heterocycles. The Morgan fingerprint density at radius 1 is 1.35 bits per heavy atom. The number of aromatic nitrogens is 2. The van der Waals surface area contributed by atoms with Crippen LogP contribution in [0, 0.1) is 11.3 Å². The van der Waals surface area contributed by atoms with Crippen LogP contribution in [-0.4, -0.2) is 34.4 Å². The van der Waals surface area contributed by atoms with Crippen molar-refractivity contribution in [2.24, 2.45) is 18.4 Å². The van der Waals surface area contributed by atoms with E-state index < -0.39 is 10.0 Å². The molecule has 1 saturated heterocycles. The molecule has 112 valence electrons. The third-order valence-corrected chi connectivity index (χ3v) is 7.16. The van der Waals surface area contributed by atoms with Crippen LogP contribution in [0.1, 0.15) is 40.0 Å². The second-order valence-corrected chi connectivity index (χ2v) is 9.10. The molecule has 0 spiro atoms. The van der Waals surface area contributed by atoms with Crippen LogP contribution < -0.4 is 0 Å². The molecule has 1 aliphatic carbocycles. The van der Waals surface area contributed by atoms with E-state index in [1.807, 2.05) is 0 Å². The first-order valence-electron chi connectivity index (χ1n) is 7.16. The highest BCUT2D eigenvalue weighted by molar-refractivity contribution is 7.89. The van der Waals surface area contributed by atoms with Gasteiger partial charge in [0.1, 0.15) is 0 Å². The summed E-state index contributed by atoms with van der Waals surface area (Å²) in [5.41, 5.74) is -0.200. The normalized spacial score (nSPS) is 33.5. The molecule has 1 aromatic rings. The first kappa shape index (κ1) is 14.1. The zero-order valence-corrected chi connectivity index (χ0v) is 13.4. The Labute approximate surface area is 121 Å². The van der Waals surface area contributed by atoms with E-state index in [0.717, 1.165) is 19.3 Å². The quantitative estimate of drug-likeness (QED) is 0.839. The summed E-state index contributed by atoms with van der Waals surface area (Å²) in [6, 6.07) is 0. The third kappa shape index (κ3) is 1.92. The van der Waals surface area contributed by atoms with Crippen LogP contribution in [0.2, 0.25) is 0 Å². The Bertz CT molecular complexity index is 635. The Kier molecular flexibility index (Phi) is 2.86. The summed E-state index contributed by atoms with van der Waals surface area (Å²) in [5.74, 6) is 0.444. The van der Waals surface area contributed by atoms with Gasteiger partial charge in [-0.15, -0.1) is 0 Å². The van der Waals surface area contributed by atoms with Crippen molar-refractivity contribution in [3.8, 4) is 0 Å². The number of hydrogen-bond donors (Lipinski definition) is 0. The fourth-order valence-electron chi connectivity index (χ4n) is 3.85. The molecule has 0 N–H and O–H groups in total. The van der Waals surface area contributed by atoms with E-state index in [-0.39, 0.29) is 16.0 Å².